The van der Waals surface area contributed by atoms with E-state index in [1.807, 2.05) is 0 Å². The van der Waals surface area contributed by atoms with Crippen LogP contribution in [0.3, 0.4) is 0 Å². The van der Waals surface area contributed by atoms with Crippen LogP contribution in [0.1, 0.15) is 20.7 Å². The molecule has 0 saturated heterocycles. The van der Waals surface area contributed by atoms with Crippen molar-refractivity contribution < 1.29 is 18.4 Å². The number of carbonyl (C=O) groups excluding carboxylic acids is 2. The van der Waals surface area contributed by atoms with Gasteiger partial charge in [0.2, 0.25) is 0 Å². The number of carbonyl (C=O) groups is 2. The normalized spacial score (nSPS) is 13.9. The SMILES string of the molecule is O=C1c2c(F)ccc(F)c2C(=O)N1c1ccccc1. The first-order chi connectivity index (χ1) is 9.11. The Morgan fingerprint density at radius 1 is 0.737 bits per heavy atom. The highest BCUT2D eigenvalue weighted by Gasteiger charge is 2.41. The van der Waals surface area contributed by atoms with Crippen molar-refractivity contribution in [2.45, 2.75) is 0 Å². The molecule has 0 aromatic heterocycles. The van der Waals surface area contributed by atoms with Crippen LogP contribution >= 0.6 is 0 Å². The summed E-state index contributed by atoms with van der Waals surface area (Å²) in [6.45, 7) is 0. The third-order valence-electron chi connectivity index (χ3n) is 2.95. The zero-order valence-electron chi connectivity index (χ0n) is 9.56. The lowest BCUT2D eigenvalue weighted by Gasteiger charge is -2.13. The van der Waals surface area contributed by atoms with Gasteiger partial charge in [-0.3, -0.25) is 9.59 Å². The van der Waals surface area contributed by atoms with E-state index < -0.39 is 34.6 Å². The van der Waals surface area contributed by atoms with Gasteiger partial charge in [0, 0.05) is 0 Å². The lowest BCUT2D eigenvalue weighted by atomic mass is 10.1. The van der Waals surface area contributed by atoms with Gasteiger partial charge >= 0.3 is 0 Å². The van der Waals surface area contributed by atoms with Gasteiger partial charge in [-0.1, -0.05) is 18.2 Å². The average molecular weight is 259 g/mol. The Hall–Kier alpha value is -2.56. The first-order valence-corrected chi connectivity index (χ1v) is 5.53. The van der Waals surface area contributed by atoms with E-state index in [0.717, 1.165) is 17.0 Å². The molecule has 0 saturated carbocycles. The van der Waals surface area contributed by atoms with Gasteiger partial charge in [0.15, 0.2) is 0 Å². The van der Waals surface area contributed by atoms with Crippen molar-refractivity contribution in [2.75, 3.05) is 4.90 Å². The Morgan fingerprint density at radius 2 is 1.21 bits per heavy atom. The molecule has 0 atom stereocenters. The molecule has 1 aliphatic rings. The fourth-order valence-corrected chi connectivity index (χ4v) is 2.10. The van der Waals surface area contributed by atoms with E-state index >= 15 is 0 Å². The molecule has 2 amide bonds. The fraction of sp³-hybridized carbons (Fsp3) is 0. The summed E-state index contributed by atoms with van der Waals surface area (Å²) in [4.78, 5) is 24.9. The van der Waals surface area contributed by atoms with Gasteiger partial charge in [0.25, 0.3) is 11.8 Å². The van der Waals surface area contributed by atoms with Crippen LogP contribution in [-0.2, 0) is 0 Å². The second kappa shape index (κ2) is 3.98. The van der Waals surface area contributed by atoms with Gasteiger partial charge in [-0.25, -0.2) is 13.7 Å². The number of benzene rings is 2. The molecule has 2 aromatic rings. The number of amides is 2. The second-order valence-corrected chi connectivity index (χ2v) is 4.06. The van der Waals surface area contributed by atoms with Crippen LogP contribution in [0, 0.1) is 11.6 Å². The summed E-state index contributed by atoms with van der Waals surface area (Å²) < 4.78 is 27.2. The molecule has 0 spiro atoms. The van der Waals surface area contributed by atoms with Crippen LogP contribution in [0.4, 0.5) is 14.5 Å². The van der Waals surface area contributed by atoms with Gasteiger partial charge in [-0.05, 0) is 24.3 Å². The molecule has 0 aliphatic carbocycles. The Bertz CT molecular complexity index is 657. The Morgan fingerprint density at radius 3 is 1.68 bits per heavy atom. The summed E-state index contributed by atoms with van der Waals surface area (Å²) in [5.74, 6) is -3.48. The molecule has 2 aromatic carbocycles. The van der Waals surface area contributed by atoms with Crippen molar-refractivity contribution >= 4 is 17.5 Å². The van der Waals surface area contributed by atoms with Gasteiger partial charge < -0.3 is 0 Å². The summed E-state index contributed by atoms with van der Waals surface area (Å²) in [7, 11) is 0. The van der Waals surface area contributed by atoms with E-state index in [0.29, 0.717) is 0 Å². The molecule has 0 unspecified atom stereocenters. The highest BCUT2D eigenvalue weighted by molar-refractivity contribution is 6.34. The van der Waals surface area contributed by atoms with E-state index in [1.165, 1.54) is 12.1 Å². The molecule has 19 heavy (non-hydrogen) atoms. The number of hydrogen-bond donors (Lipinski definition) is 0. The van der Waals surface area contributed by atoms with E-state index in [2.05, 4.69) is 0 Å². The summed E-state index contributed by atoms with van der Waals surface area (Å²) >= 11 is 0. The number of imide groups is 1. The molecule has 94 valence electrons. The van der Waals surface area contributed by atoms with Crippen molar-refractivity contribution in [1.29, 1.82) is 0 Å². The second-order valence-electron chi connectivity index (χ2n) is 4.06. The number of halogens is 2. The number of para-hydroxylation sites is 1. The van der Waals surface area contributed by atoms with Gasteiger partial charge in [0.05, 0.1) is 16.8 Å². The van der Waals surface area contributed by atoms with E-state index in [4.69, 9.17) is 0 Å². The predicted molar refractivity (Wildman–Crippen MR) is 63.9 cm³/mol. The molecule has 0 radical (unpaired) electrons. The maximum Gasteiger partial charge on any atom is 0.269 e. The molecule has 0 N–H and O–H groups in total. The molecule has 3 rings (SSSR count). The smallest absolute Gasteiger partial charge is 0.268 e. The maximum atomic E-state index is 13.6. The molecular weight excluding hydrogens is 252 g/mol. The van der Waals surface area contributed by atoms with Crippen molar-refractivity contribution in [3.05, 3.63) is 65.2 Å². The first kappa shape index (κ1) is 11.5. The molecule has 5 heteroatoms. The number of rotatable bonds is 1. The fourth-order valence-electron chi connectivity index (χ4n) is 2.10. The minimum Gasteiger partial charge on any atom is -0.268 e. The predicted octanol–water partition coefficient (Wildman–Crippen LogP) is 2.77. The van der Waals surface area contributed by atoms with E-state index in [1.54, 1.807) is 18.2 Å². The lowest BCUT2D eigenvalue weighted by molar-refractivity contribution is 0.0924. The molecule has 1 heterocycles. The van der Waals surface area contributed by atoms with Crippen LogP contribution in [0.15, 0.2) is 42.5 Å². The third kappa shape index (κ3) is 1.55. The van der Waals surface area contributed by atoms with Crippen LogP contribution < -0.4 is 4.90 Å². The molecule has 0 fully saturated rings. The zero-order valence-corrected chi connectivity index (χ0v) is 9.56. The molecule has 3 nitrogen and oxygen atoms in total. The van der Waals surface area contributed by atoms with E-state index in [-0.39, 0.29) is 5.69 Å². The number of hydrogen-bond acceptors (Lipinski definition) is 2. The van der Waals surface area contributed by atoms with Crippen LogP contribution in [0.25, 0.3) is 0 Å². The molecule has 0 bridgehead atoms. The van der Waals surface area contributed by atoms with Gasteiger partial charge in [0.1, 0.15) is 11.6 Å². The minimum atomic E-state index is -0.895. The topological polar surface area (TPSA) is 37.4 Å². The van der Waals surface area contributed by atoms with Crippen LogP contribution in [-0.4, -0.2) is 11.8 Å². The summed E-state index contributed by atoms with van der Waals surface area (Å²) in [5.41, 5.74) is -0.727. The number of fused-ring (bicyclic) bond motifs is 1. The van der Waals surface area contributed by atoms with Crippen LogP contribution in [0.2, 0.25) is 0 Å². The Balaban J connectivity index is 2.21. The number of anilines is 1. The molecule has 1 aliphatic heterocycles. The monoisotopic (exact) mass is 259 g/mol. The van der Waals surface area contributed by atoms with E-state index in [9.17, 15) is 18.4 Å². The van der Waals surface area contributed by atoms with Crippen molar-refractivity contribution in [1.82, 2.24) is 0 Å². The Kier molecular flexibility index (Phi) is 2.41. The maximum absolute atomic E-state index is 13.6. The van der Waals surface area contributed by atoms with Crippen molar-refractivity contribution in [3.63, 3.8) is 0 Å². The largest absolute Gasteiger partial charge is 0.269 e. The average Bonchev–Trinajstić information content (AvgIpc) is 2.68. The first-order valence-electron chi connectivity index (χ1n) is 5.53. The quantitative estimate of drug-likeness (QED) is 0.738. The van der Waals surface area contributed by atoms with Crippen molar-refractivity contribution in [3.8, 4) is 0 Å². The number of nitrogens with zero attached hydrogens (tertiary/aromatic N) is 1. The third-order valence-corrected chi connectivity index (χ3v) is 2.95. The zero-order chi connectivity index (χ0) is 13.6. The van der Waals surface area contributed by atoms with Gasteiger partial charge in [-0.2, -0.15) is 0 Å². The standard InChI is InChI=1S/C14H7F2NO2/c15-9-6-7-10(16)12-11(9)13(18)17(14(12)19)8-4-2-1-3-5-8/h1-7H. The minimum absolute atomic E-state index is 0.285. The summed E-state index contributed by atoms with van der Waals surface area (Å²) in [6.07, 6.45) is 0. The van der Waals surface area contributed by atoms with Gasteiger partial charge in [-0.15, -0.1) is 0 Å². The summed E-state index contributed by atoms with van der Waals surface area (Å²) in [6, 6.07) is 9.71. The molecular formula is C14H7F2NO2. The highest BCUT2D eigenvalue weighted by atomic mass is 19.1. The Labute approximate surface area is 107 Å². The lowest BCUT2D eigenvalue weighted by Crippen LogP contribution is -2.29. The van der Waals surface area contributed by atoms with Crippen molar-refractivity contribution in [2.24, 2.45) is 0 Å². The highest BCUT2D eigenvalue weighted by Crippen LogP contribution is 2.31. The summed E-state index contributed by atoms with van der Waals surface area (Å²) in [5, 5.41) is 0. The van der Waals surface area contributed by atoms with Crippen LogP contribution in [0.5, 0.6) is 0 Å².